The van der Waals surface area contributed by atoms with Gasteiger partial charge in [-0.2, -0.15) is 0 Å². The normalized spacial score (nSPS) is 11.2. The second-order valence-corrected chi connectivity index (χ2v) is 7.70. The van der Waals surface area contributed by atoms with Crippen LogP contribution >= 0.6 is 0 Å². The summed E-state index contributed by atoms with van der Waals surface area (Å²) in [6, 6.07) is 36.1. The van der Waals surface area contributed by atoms with Crippen molar-refractivity contribution in [2.24, 2.45) is 0 Å². The molecule has 0 fully saturated rings. The van der Waals surface area contributed by atoms with E-state index in [4.69, 9.17) is 4.74 Å². The van der Waals surface area contributed by atoms with Gasteiger partial charge < -0.3 is 4.74 Å². The van der Waals surface area contributed by atoms with E-state index >= 15 is 0 Å². The van der Waals surface area contributed by atoms with Crippen molar-refractivity contribution < 1.29 is 9.53 Å². The van der Waals surface area contributed by atoms with Gasteiger partial charge in [-0.25, -0.2) is 0 Å². The van der Waals surface area contributed by atoms with E-state index in [0.717, 1.165) is 32.7 Å². The van der Waals surface area contributed by atoms with Crippen LogP contribution in [0, 0.1) is 0 Å². The summed E-state index contributed by atoms with van der Waals surface area (Å²) in [4.78, 5) is 13.3. The Labute approximate surface area is 187 Å². The molecular weight excluding hydrogens is 392 g/mol. The van der Waals surface area contributed by atoms with Gasteiger partial charge in [0, 0.05) is 5.39 Å². The number of ether oxygens (including phenoxy) is 1. The van der Waals surface area contributed by atoms with Crippen LogP contribution in [0.15, 0.2) is 115 Å². The lowest BCUT2D eigenvalue weighted by Crippen LogP contribution is -2.03. The van der Waals surface area contributed by atoms with Crippen molar-refractivity contribution in [1.82, 2.24) is 0 Å². The Morgan fingerprint density at radius 3 is 2.12 bits per heavy atom. The summed E-state index contributed by atoms with van der Waals surface area (Å²) in [5, 5.41) is 4.26. The molecule has 5 aromatic rings. The monoisotopic (exact) mass is 414 g/mol. The van der Waals surface area contributed by atoms with E-state index in [2.05, 4.69) is 18.2 Å². The first-order valence-electron chi connectivity index (χ1n) is 10.7. The van der Waals surface area contributed by atoms with Gasteiger partial charge in [-0.15, -0.1) is 0 Å². The maximum absolute atomic E-state index is 13.3. The molecule has 154 valence electrons. The summed E-state index contributed by atoms with van der Waals surface area (Å²) in [7, 11) is 0. The van der Waals surface area contributed by atoms with Crippen molar-refractivity contribution in [2.45, 2.75) is 6.61 Å². The lowest BCUT2D eigenvalue weighted by Gasteiger charge is -2.13. The molecule has 0 aliphatic rings. The van der Waals surface area contributed by atoms with Crippen LogP contribution in [0.1, 0.15) is 21.5 Å². The average molecular weight is 415 g/mol. The SMILES string of the molecule is O=C(C=Cc1cccc2ccccc12)c1ccc2ccccc2c1OCc1ccccc1. The molecule has 0 radical (unpaired) electrons. The van der Waals surface area contributed by atoms with E-state index < -0.39 is 0 Å². The number of hydrogen-bond acceptors (Lipinski definition) is 2. The molecule has 5 aromatic carbocycles. The molecule has 0 saturated heterocycles. The van der Waals surface area contributed by atoms with E-state index in [1.165, 1.54) is 0 Å². The Kier molecular flexibility index (Phi) is 5.50. The third-order valence-corrected chi connectivity index (χ3v) is 5.61. The van der Waals surface area contributed by atoms with Crippen molar-refractivity contribution in [3.8, 4) is 5.75 Å². The fourth-order valence-corrected chi connectivity index (χ4v) is 3.97. The Hall–Kier alpha value is -4.17. The van der Waals surface area contributed by atoms with Gasteiger partial charge >= 0.3 is 0 Å². The lowest BCUT2D eigenvalue weighted by molar-refractivity contribution is 0.104. The maximum Gasteiger partial charge on any atom is 0.189 e. The number of ketones is 1. The average Bonchev–Trinajstić information content (AvgIpc) is 2.86. The maximum atomic E-state index is 13.3. The summed E-state index contributed by atoms with van der Waals surface area (Å²) in [6.07, 6.45) is 3.53. The van der Waals surface area contributed by atoms with Crippen LogP contribution in [-0.2, 0) is 6.61 Å². The van der Waals surface area contributed by atoms with Gasteiger partial charge in [-0.1, -0.05) is 109 Å². The molecule has 0 saturated carbocycles. The van der Waals surface area contributed by atoms with Crippen molar-refractivity contribution in [3.63, 3.8) is 0 Å². The third kappa shape index (κ3) is 4.03. The van der Waals surface area contributed by atoms with Gasteiger partial charge in [0.25, 0.3) is 0 Å². The Morgan fingerprint density at radius 1 is 0.656 bits per heavy atom. The second kappa shape index (κ2) is 8.91. The summed E-state index contributed by atoms with van der Waals surface area (Å²) < 4.78 is 6.23. The van der Waals surface area contributed by atoms with Crippen LogP contribution in [0.5, 0.6) is 5.75 Å². The van der Waals surface area contributed by atoms with E-state index in [9.17, 15) is 4.79 Å². The van der Waals surface area contributed by atoms with Crippen LogP contribution in [0.25, 0.3) is 27.6 Å². The Morgan fingerprint density at radius 2 is 1.31 bits per heavy atom. The zero-order valence-electron chi connectivity index (χ0n) is 17.6. The largest absolute Gasteiger partial charge is 0.487 e. The predicted molar refractivity (Wildman–Crippen MR) is 132 cm³/mol. The molecule has 0 aromatic heterocycles. The van der Waals surface area contributed by atoms with Crippen molar-refractivity contribution in [2.75, 3.05) is 0 Å². The fraction of sp³-hybridized carbons (Fsp3) is 0.0333. The molecular formula is C30H22O2. The van der Waals surface area contributed by atoms with Gasteiger partial charge in [0.05, 0.1) is 5.56 Å². The molecule has 0 unspecified atom stereocenters. The number of benzene rings is 5. The third-order valence-electron chi connectivity index (χ3n) is 5.61. The molecule has 0 aliphatic carbocycles. The summed E-state index contributed by atoms with van der Waals surface area (Å²) in [5.41, 5.74) is 2.64. The van der Waals surface area contributed by atoms with E-state index in [1.807, 2.05) is 97.1 Å². The highest BCUT2D eigenvalue weighted by Crippen LogP contribution is 2.31. The van der Waals surface area contributed by atoms with Gasteiger partial charge in [0.1, 0.15) is 12.4 Å². The van der Waals surface area contributed by atoms with Gasteiger partial charge in [-0.05, 0) is 39.4 Å². The summed E-state index contributed by atoms with van der Waals surface area (Å²) in [6.45, 7) is 0.405. The van der Waals surface area contributed by atoms with Crippen molar-refractivity contribution >= 4 is 33.4 Å². The van der Waals surface area contributed by atoms with Crippen LogP contribution in [-0.4, -0.2) is 5.78 Å². The minimum absolute atomic E-state index is 0.0771. The number of fused-ring (bicyclic) bond motifs is 2. The lowest BCUT2D eigenvalue weighted by atomic mass is 10.0. The van der Waals surface area contributed by atoms with E-state index in [1.54, 1.807) is 6.08 Å². The zero-order chi connectivity index (χ0) is 21.8. The molecule has 0 atom stereocenters. The second-order valence-electron chi connectivity index (χ2n) is 7.70. The van der Waals surface area contributed by atoms with E-state index in [0.29, 0.717) is 17.9 Å². The summed E-state index contributed by atoms with van der Waals surface area (Å²) in [5.74, 6) is 0.547. The minimum Gasteiger partial charge on any atom is -0.487 e. The van der Waals surface area contributed by atoms with Crippen molar-refractivity contribution in [1.29, 1.82) is 0 Å². The van der Waals surface area contributed by atoms with Crippen molar-refractivity contribution in [3.05, 3.63) is 132 Å². The van der Waals surface area contributed by atoms with Crippen LogP contribution in [0.2, 0.25) is 0 Å². The van der Waals surface area contributed by atoms with Gasteiger partial charge in [-0.3, -0.25) is 4.79 Å². The number of rotatable bonds is 6. The van der Waals surface area contributed by atoms with Gasteiger partial charge in [0.15, 0.2) is 5.78 Å². The first-order valence-corrected chi connectivity index (χ1v) is 10.7. The molecule has 0 heterocycles. The number of carbonyl (C=O) groups is 1. The van der Waals surface area contributed by atoms with Crippen LogP contribution < -0.4 is 4.74 Å². The number of hydrogen-bond donors (Lipinski definition) is 0. The molecule has 0 aliphatic heterocycles. The molecule has 5 rings (SSSR count). The number of allylic oxidation sites excluding steroid dienone is 1. The fourth-order valence-electron chi connectivity index (χ4n) is 3.97. The smallest absolute Gasteiger partial charge is 0.189 e. The molecule has 32 heavy (non-hydrogen) atoms. The standard InChI is InChI=1S/C30H22O2/c31-29(20-18-24-14-8-13-23-11-4-6-15-26(23)24)28-19-17-25-12-5-7-16-27(25)30(28)32-21-22-9-2-1-3-10-22/h1-20H,21H2. The topological polar surface area (TPSA) is 26.3 Å². The van der Waals surface area contributed by atoms with E-state index in [-0.39, 0.29) is 5.78 Å². The highest BCUT2D eigenvalue weighted by Gasteiger charge is 2.14. The number of carbonyl (C=O) groups excluding carboxylic acids is 1. The predicted octanol–water partition coefficient (Wildman–Crippen LogP) is 7.47. The highest BCUT2D eigenvalue weighted by molar-refractivity contribution is 6.12. The molecule has 0 bridgehead atoms. The quantitative estimate of drug-likeness (QED) is 0.213. The molecule has 2 nitrogen and oxygen atoms in total. The molecule has 0 N–H and O–H groups in total. The Bertz CT molecular complexity index is 1430. The molecule has 0 amide bonds. The molecule has 0 spiro atoms. The summed E-state index contributed by atoms with van der Waals surface area (Å²) >= 11 is 0. The molecule has 2 heteroatoms. The van der Waals surface area contributed by atoms with Crippen LogP contribution in [0.4, 0.5) is 0 Å². The first kappa shape index (κ1) is 19.8. The van der Waals surface area contributed by atoms with Gasteiger partial charge in [0.2, 0.25) is 0 Å². The van der Waals surface area contributed by atoms with Crippen LogP contribution in [0.3, 0.4) is 0 Å². The first-order chi connectivity index (χ1) is 15.8. The Balaban J connectivity index is 1.51. The highest BCUT2D eigenvalue weighted by atomic mass is 16.5. The zero-order valence-corrected chi connectivity index (χ0v) is 17.6. The minimum atomic E-state index is -0.0771.